The van der Waals surface area contributed by atoms with E-state index in [9.17, 15) is 9.59 Å². The van der Waals surface area contributed by atoms with Crippen LogP contribution in [0, 0.1) is 0 Å². The number of nitrogens with one attached hydrogen (secondary N) is 2. The summed E-state index contributed by atoms with van der Waals surface area (Å²) in [7, 11) is 0. The van der Waals surface area contributed by atoms with Crippen molar-refractivity contribution in [1.29, 1.82) is 0 Å². The summed E-state index contributed by atoms with van der Waals surface area (Å²) in [5, 5.41) is 7.13. The van der Waals surface area contributed by atoms with Crippen molar-refractivity contribution in [2.24, 2.45) is 0 Å². The molecule has 0 atom stereocenters. The minimum absolute atomic E-state index is 0.102. The molecule has 0 radical (unpaired) electrons. The van der Waals surface area contributed by atoms with Gasteiger partial charge in [0, 0.05) is 29.6 Å². The number of carbonyl (C=O) groups excluding carboxylic acids is 2. The van der Waals surface area contributed by atoms with Crippen molar-refractivity contribution in [2.75, 3.05) is 10.6 Å². The number of carbonyl (C=O) groups is 2. The predicted molar refractivity (Wildman–Crippen MR) is 124 cm³/mol. The van der Waals surface area contributed by atoms with E-state index in [1.54, 1.807) is 24.4 Å². The predicted octanol–water partition coefficient (Wildman–Crippen LogP) is 5.74. The van der Waals surface area contributed by atoms with Crippen molar-refractivity contribution >= 4 is 57.2 Å². The first-order chi connectivity index (χ1) is 14.4. The first-order valence-electron chi connectivity index (χ1n) is 9.14. The molecular formula is C22H19Cl2N3O2S. The summed E-state index contributed by atoms with van der Waals surface area (Å²) in [6, 6.07) is 12.9. The fourth-order valence-corrected chi connectivity index (χ4v) is 3.87. The maximum Gasteiger partial charge on any atom is 0.247 e. The third-order valence-electron chi connectivity index (χ3n) is 4.21. The summed E-state index contributed by atoms with van der Waals surface area (Å²) in [6.45, 7) is 3.42. The normalized spacial score (nSPS) is 10.5. The van der Waals surface area contributed by atoms with Crippen LogP contribution in [0.3, 0.4) is 0 Å². The van der Waals surface area contributed by atoms with Gasteiger partial charge in [-0.25, -0.2) is 4.98 Å². The lowest BCUT2D eigenvalue weighted by Gasteiger charge is -2.05. The maximum atomic E-state index is 12.2. The van der Waals surface area contributed by atoms with Crippen LogP contribution in [0.15, 0.2) is 61.3 Å². The zero-order valence-corrected chi connectivity index (χ0v) is 18.3. The number of hydrogen-bond acceptors (Lipinski definition) is 4. The summed E-state index contributed by atoms with van der Waals surface area (Å²) in [5.41, 5.74) is 2.71. The molecule has 30 heavy (non-hydrogen) atoms. The van der Waals surface area contributed by atoms with Crippen LogP contribution in [-0.2, 0) is 22.4 Å². The van der Waals surface area contributed by atoms with E-state index in [0.29, 0.717) is 40.1 Å². The fourth-order valence-electron chi connectivity index (χ4n) is 2.69. The van der Waals surface area contributed by atoms with E-state index in [1.807, 2.05) is 24.3 Å². The van der Waals surface area contributed by atoms with Gasteiger partial charge in [0.1, 0.15) is 0 Å². The van der Waals surface area contributed by atoms with E-state index in [2.05, 4.69) is 22.2 Å². The van der Waals surface area contributed by atoms with Crippen LogP contribution in [0.5, 0.6) is 0 Å². The molecule has 0 fully saturated rings. The monoisotopic (exact) mass is 459 g/mol. The third kappa shape index (κ3) is 6.42. The van der Waals surface area contributed by atoms with Gasteiger partial charge in [0.2, 0.25) is 11.8 Å². The number of rotatable bonds is 8. The zero-order valence-electron chi connectivity index (χ0n) is 16.0. The molecule has 0 saturated heterocycles. The minimum atomic E-state index is -0.260. The number of aryl methyl sites for hydroxylation is 1. The van der Waals surface area contributed by atoms with Crippen molar-refractivity contribution in [2.45, 2.75) is 19.3 Å². The fraction of sp³-hybridized carbons (Fsp3) is 0.136. The molecule has 0 aliphatic rings. The van der Waals surface area contributed by atoms with Crippen LogP contribution < -0.4 is 10.6 Å². The second kappa shape index (κ2) is 10.4. The highest BCUT2D eigenvalue weighted by molar-refractivity contribution is 7.15. The van der Waals surface area contributed by atoms with Gasteiger partial charge in [-0.2, -0.15) is 0 Å². The lowest BCUT2D eigenvalue weighted by molar-refractivity contribution is -0.116. The average Bonchev–Trinajstić information content (AvgIpc) is 3.16. The summed E-state index contributed by atoms with van der Waals surface area (Å²) in [6.07, 6.45) is 4.55. The van der Waals surface area contributed by atoms with E-state index in [0.717, 1.165) is 16.0 Å². The van der Waals surface area contributed by atoms with Crippen molar-refractivity contribution in [3.8, 4) is 0 Å². The second-order valence-corrected chi connectivity index (χ2v) is 8.43. The van der Waals surface area contributed by atoms with Gasteiger partial charge in [0.05, 0.1) is 10.0 Å². The van der Waals surface area contributed by atoms with E-state index in [-0.39, 0.29) is 11.8 Å². The number of anilines is 2. The molecule has 0 aliphatic carbocycles. The van der Waals surface area contributed by atoms with E-state index >= 15 is 0 Å². The van der Waals surface area contributed by atoms with E-state index in [1.165, 1.54) is 17.4 Å². The lowest BCUT2D eigenvalue weighted by atomic mass is 10.1. The van der Waals surface area contributed by atoms with Crippen LogP contribution in [-0.4, -0.2) is 16.8 Å². The molecule has 2 N–H and O–H groups in total. The number of amides is 2. The molecule has 154 valence electrons. The van der Waals surface area contributed by atoms with Gasteiger partial charge in [0.15, 0.2) is 5.13 Å². The van der Waals surface area contributed by atoms with Gasteiger partial charge in [-0.1, -0.05) is 48.0 Å². The Balaban J connectivity index is 1.48. The van der Waals surface area contributed by atoms with E-state index < -0.39 is 0 Å². The van der Waals surface area contributed by atoms with Gasteiger partial charge in [-0.3, -0.25) is 9.59 Å². The molecule has 2 amide bonds. The Morgan fingerprint density at radius 1 is 1.03 bits per heavy atom. The molecule has 8 heteroatoms. The van der Waals surface area contributed by atoms with E-state index in [4.69, 9.17) is 23.2 Å². The highest BCUT2D eigenvalue weighted by Gasteiger charge is 2.09. The summed E-state index contributed by atoms with van der Waals surface area (Å²) >= 11 is 13.4. The Kier molecular flexibility index (Phi) is 7.63. The molecular weight excluding hydrogens is 441 g/mol. The van der Waals surface area contributed by atoms with Crippen LogP contribution in [0.25, 0.3) is 0 Å². The number of thiazole rings is 1. The molecule has 0 spiro atoms. The van der Waals surface area contributed by atoms with Crippen molar-refractivity contribution in [1.82, 2.24) is 4.98 Å². The Bertz CT molecular complexity index is 1060. The van der Waals surface area contributed by atoms with Gasteiger partial charge >= 0.3 is 0 Å². The maximum absolute atomic E-state index is 12.2. The van der Waals surface area contributed by atoms with Crippen molar-refractivity contribution in [3.63, 3.8) is 0 Å². The average molecular weight is 460 g/mol. The van der Waals surface area contributed by atoms with Gasteiger partial charge < -0.3 is 10.6 Å². The molecule has 5 nitrogen and oxygen atoms in total. The summed E-state index contributed by atoms with van der Waals surface area (Å²) in [4.78, 5) is 28.8. The SMILES string of the molecule is C=CC(=O)Nc1ccc(CCC(=O)Nc2ncc(Cc3ccc(Cl)c(Cl)c3)s2)cc1. The van der Waals surface area contributed by atoms with Crippen LogP contribution in [0.4, 0.5) is 10.8 Å². The number of benzene rings is 2. The molecule has 0 bridgehead atoms. The van der Waals surface area contributed by atoms with Gasteiger partial charge in [0.25, 0.3) is 0 Å². The van der Waals surface area contributed by atoms with Crippen LogP contribution in [0.2, 0.25) is 10.0 Å². The molecule has 3 rings (SSSR count). The topological polar surface area (TPSA) is 71.1 Å². The second-order valence-electron chi connectivity index (χ2n) is 6.50. The standard InChI is InChI=1S/C22H19Cl2N3O2S/c1-2-20(28)26-16-7-3-14(4-8-16)6-10-21(29)27-22-25-13-17(30-22)11-15-5-9-18(23)19(24)12-15/h2-5,7-9,12-13H,1,6,10-11H2,(H,26,28)(H,25,27,29). The first-order valence-corrected chi connectivity index (χ1v) is 10.7. The zero-order chi connectivity index (χ0) is 21.5. The minimum Gasteiger partial charge on any atom is -0.323 e. The number of aromatic nitrogens is 1. The Morgan fingerprint density at radius 3 is 2.47 bits per heavy atom. The van der Waals surface area contributed by atoms with Gasteiger partial charge in [-0.05, 0) is 47.9 Å². The largest absolute Gasteiger partial charge is 0.323 e. The number of halogens is 2. The Labute approximate surface area is 188 Å². The van der Waals surface area contributed by atoms with Crippen LogP contribution >= 0.6 is 34.5 Å². The molecule has 3 aromatic rings. The molecule has 1 heterocycles. The molecule has 0 aliphatic heterocycles. The molecule has 0 saturated carbocycles. The quantitative estimate of drug-likeness (QED) is 0.422. The van der Waals surface area contributed by atoms with Crippen LogP contribution in [0.1, 0.15) is 22.4 Å². The number of nitrogens with zero attached hydrogens (tertiary/aromatic N) is 1. The highest BCUT2D eigenvalue weighted by Crippen LogP contribution is 2.26. The van der Waals surface area contributed by atoms with Gasteiger partial charge in [-0.15, -0.1) is 11.3 Å². The Morgan fingerprint density at radius 2 is 1.77 bits per heavy atom. The van der Waals surface area contributed by atoms with Crippen molar-refractivity contribution in [3.05, 3.63) is 87.4 Å². The van der Waals surface area contributed by atoms with Crippen molar-refractivity contribution < 1.29 is 9.59 Å². The first kappa shape index (κ1) is 22.0. The summed E-state index contributed by atoms with van der Waals surface area (Å²) in [5.74, 6) is -0.362. The lowest BCUT2D eigenvalue weighted by Crippen LogP contribution is -2.12. The Hall–Kier alpha value is -2.67. The third-order valence-corrected chi connectivity index (χ3v) is 5.86. The number of hydrogen-bond donors (Lipinski definition) is 2. The molecule has 2 aromatic carbocycles. The molecule has 1 aromatic heterocycles. The smallest absolute Gasteiger partial charge is 0.247 e. The molecule has 0 unspecified atom stereocenters. The highest BCUT2D eigenvalue weighted by atomic mass is 35.5. The summed E-state index contributed by atoms with van der Waals surface area (Å²) < 4.78 is 0.